The van der Waals surface area contributed by atoms with Crippen LogP contribution in [0.4, 0.5) is 5.95 Å². The summed E-state index contributed by atoms with van der Waals surface area (Å²) in [6.07, 6.45) is -3.03. The van der Waals surface area contributed by atoms with Gasteiger partial charge in [-0.2, -0.15) is 4.98 Å². The molecule has 0 radical (unpaired) electrons. The minimum Gasteiger partial charge on any atom is -0.457 e. The van der Waals surface area contributed by atoms with Crippen molar-refractivity contribution in [2.24, 2.45) is 0 Å². The van der Waals surface area contributed by atoms with Crippen LogP contribution in [-0.2, 0) is 23.4 Å². The Morgan fingerprint density at radius 3 is 2.89 bits per heavy atom. The second-order valence-electron chi connectivity index (χ2n) is 9.23. The van der Waals surface area contributed by atoms with E-state index in [0.29, 0.717) is 0 Å². The molecule has 6 N–H and O–H groups in total. The second-order valence-corrected chi connectivity index (χ2v) is 13.6. The standard InChI is InChI=1S/C22H27N6O8PS/c1-11(12-6-4-3-5-7-12)35-19(31)13-9-38-37(33,27-13)34-8-14-16(29)22(2,32)20(36-14)28-10-24-15-17(28)25-21(23)26-18(15)30/h3-7,10-11,13-14,16,20,29,32H,8-9H2,1-2H3,(H,27,33)(H3,23,25,26,30)/t11-,13+,14+,16+,20+,22+,37+/m0/s1. The predicted octanol–water partition coefficient (Wildman–Crippen LogP) is 0.845. The van der Waals surface area contributed by atoms with Gasteiger partial charge in [-0.05, 0) is 19.4 Å². The van der Waals surface area contributed by atoms with Crippen LogP contribution in [0.2, 0.25) is 0 Å². The monoisotopic (exact) mass is 566 g/mol. The Kier molecular flexibility index (Phi) is 7.11. The first-order valence-electron chi connectivity index (χ1n) is 11.7. The van der Waals surface area contributed by atoms with Crippen LogP contribution in [-0.4, -0.2) is 71.9 Å². The Morgan fingerprint density at radius 2 is 2.16 bits per heavy atom. The van der Waals surface area contributed by atoms with Gasteiger partial charge in [0.15, 0.2) is 17.4 Å². The minimum absolute atomic E-state index is 0.0247. The molecule has 4 heterocycles. The zero-order chi connectivity index (χ0) is 27.2. The molecule has 2 aliphatic rings. The number of aliphatic hydroxyl groups is 2. The Balaban J connectivity index is 1.23. The van der Waals surface area contributed by atoms with E-state index in [0.717, 1.165) is 16.9 Å². The van der Waals surface area contributed by atoms with Gasteiger partial charge in [0.2, 0.25) is 5.95 Å². The molecule has 2 fully saturated rings. The highest BCUT2D eigenvalue weighted by molar-refractivity contribution is 8.56. The van der Waals surface area contributed by atoms with Crippen LogP contribution in [0.3, 0.4) is 0 Å². The number of fused-ring (bicyclic) bond motifs is 1. The van der Waals surface area contributed by atoms with Gasteiger partial charge in [0, 0.05) is 5.75 Å². The molecule has 0 amide bonds. The van der Waals surface area contributed by atoms with Crippen molar-refractivity contribution >= 4 is 41.2 Å². The Hall–Kier alpha value is -2.78. The molecule has 1 aromatic carbocycles. The van der Waals surface area contributed by atoms with Crippen molar-refractivity contribution in [2.75, 3.05) is 18.1 Å². The SMILES string of the molecule is C[C@H](OC(=O)[C@H]1CS[P@](=O)(OC[C@H]2O[C@@H](n3cnc4c(=O)[nH]c(N)nc43)[C@](C)(O)[C@@H]2O)N1)c1ccccc1. The zero-order valence-electron chi connectivity index (χ0n) is 20.4. The molecule has 14 nitrogen and oxygen atoms in total. The van der Waals surface area contributed by atoms with Gasteiger partial charge in [0.05, 0.1) is 12.9 Å². The van der Waals surface area contributed by atoms with E-state index in [-0.39, 0.29) is 29.5 Å². The fourth-order valence-corrected chi connectivity index (χ4v) is 8.23. The summed E-state index contributed by atoms with van der Waals surface area (Å²) in [5, 5.41) is 24.5. The highest BCUT2D eigenvalue weighted by atomic mass is 32.7. The molecule has 204 valence electrons. The van der Waals surface area contributed by atoms with Crippen LogP contribution in [0.15, 0.2) is 41.5 Å². The number of benzene rings is 1. The number of carbonyl (C=O) groups is 1. The van der Waals surface area contributed by atoms with Gasteiger partial charge in [-0.15, -0.1) is 0 Å². The second kappa shape index (κ2) is 10.1. The van der Waals surface area contributed by atoms with Gasteiger partial charge in [0.25, 0.3) is 5.56 Å². The number of imidazole rings is 1. The molecular weight excluding hydrogens is 539 g/mol. The number of rotatable bonds is 7. The Morgan fingerprint density at radius 1 is 1.42 bits per heavy atom. The van der Waals surface area contributed by atoms with E-state index in [4.69, 9.17) is 19.7 Å². The fourth-order valence-electron chi connectivity index (χ4n) is 4.35. The normalized spacial score (nSPS) is 32.0. The number of aromatic nitrogens is 4. The van der Waals surface area contributed by atoms with Gasteiger partial charge in [0.1, 0.15) is 30.0 Å². The number of ether oxygens (including phenoxy) is 2. The number of nitrogen functional groups attached to an aromatic ring is 1. The first-order chi connectivity index (χ1) is 18.0. The summed E-state index contributed by atoms with van der Waals surface area (Å²) in [6, 6.07) is 8.37. The topological polar surface area (TPSA) is 204 Å². The highest BCUT2D eigenvalue weighted by Crippen LogP contribution is 2.61. The van der Waals surface area contributed by atoms with Crippen molar-refractivity contribution in [3.8, 4) is 0 Å². The van der Waals surface area contributed by atoms with Crippen molar-refractivity contribution in [1.82, 2.24) is 24.6 Å². The summed E-state index contributed by atoms with van der Waals surface area (Å²) in [6.45, 7) is -0.825. The summed E-state index contributed by atoms with van der Waals surface area (Å²) in [5.74, 6) is -0.561. The minimum atomic E-state index is -3.55. The molecule has 0 spiro atoms. The van der Waals surface area contributed by atoms with Crippen LogP contribution in [0.25, 0.3) is 11.2 Å². The Bertz CT molecular complexity index is 1450. The molecule has 3 aromatic rings. The smallest absolute Gasteiger partial charge is 0.327 e. The van der Waals surface area contributed by atoms with E-state index < -0.39 is 54.4 Å². The van der Waals surface area contributed by atoms with Crippen molar-refractivity contribution < 1.29 is 33.6 Å². The van der Waals surface area contributed by atoms with Gasteiger partial charge < -0.3 is 29.9 Å². The quantitative estimate of drug-likeness (QED) is 0.199. The van der Waals surface area contributed by atoms with Crippen LogP contribution in [0.5, 0.6) is 0 Å². The maximum atomic E-state index is 13.2. The average molecular weight is 567 g/mol. The van der Waals surface area contributed by atoms with Crippen LogP contribution in [0, 0.1) is 0 Å². The third kappa shape index (κ3) is 4.98. The highest BCUT2D eigenvalue weighted by Gasteiger charge is 2.54. The summed E-state index contributed by atoms with van der Waals surface area (Å²) >= 11 is 0.937. The zero-order valence-corrected chi connectivity index (χ0v) is 22.1. The number of esters is 1. The Labute approximate surface area is 220 Å². The maximum absolute atomic E-state index is 13.2. The van der Waals surface area contributed by atoms with Crippen LogP contribution < -0.4 is 16.4 Å². The van der Waals surface area contributed by atoms with Gasteiger partial charge in [-0.3, -0.25) is 23.7 Å². The van der Waals surface area contributed by atoms with E-state index in [9.17, 15) is 24.4 Å². The van der Waals surface area contributed by atoms with E-state index >= 15 is 0 Å². The molecule has 2 saturated heterocycles. The molecule has 0 bridgehead atoms. The first-order valence-corrected chi connectivity index (χ1v) is 14.9. The molecule has 0 saturated carbocycles. The van der Waals surface area contributed by atoms with Gasteiger partial charge in [-0.25, -0.2) is 10.1 Å². The van der Waals surface area contributed by atoms with E-state index in [2.05, 4.69) is 20.0 Å². The number of carbonyl (C=O) groups excluding carboxylic acids is 1. The molecule has 7 atom stereocenters. The number of nitrogens with one attached hydrogen (secondary N) is 2. The van der Waals surface area contributed by atoms with E-state index in [1.54, 1.807) is 6.92 Å². The summed E-state index contributed by atoms with van der Waals surface area (Å²) in [4.78, 5) is 35.1. The first kappa shape index (κ1) is 26.8. The van der Waals surface area contributed by atoms with Gasteiger partial charge in [-0.1, -0.05) is 41.7 Å². The molecule has 16 heteroatoms. The molecular formula is C22H27N6O8PS. The van der Waals surface area contributed by atoms with Gasteiger partial charge >= 0.3 is 12.7 Å². The molecule has 38 heavy (non-hydrogen) atoms. The molecule has 0 unspecified atom stereocenters. The number of hydrogen-bond acceptors (Lipinski definition) is 12. The molecule has 0 aliphatic carbocycles. The van der Waals surface area contributed by atoms with Crippen molar-refractivity contribution in [1.29, 1.82) is 0 Å². The summed E-state index contributed by atoms with van der Waals surface area (Å²) < 4.78 is 31.5. The predicted molar refractivity (Wildman–Crippen MR) is 137 cm³/mol. The molecule has 2 aliphatic heterocycles. The number of anilines is 1. The largest absolute Gasteiger partial charge is 0.457 e. The lowest BCUT2D eigenvalue weighted by Crippen LogP contribution is -2.44. The van der Waals surface area contributed by atoms with E-state index in [1.807, 2.05) is 30.3 Å². The molecule has 2 aromatic heterocycles. The number of nitrogens with zero attached hydrogens (tertiary/aromatic N) is 3. The van der Waals surface area contributed by atoms with Crippen LogP contribution in [0.1, 0.15) is 31.7 Å². The van der Waals surface area contributed by atoms with Crippen molar-refractivity contribution in [3.05, 3.63) is 52.6 Å². The number of nitrogens with two attached hydrogens (primary N) is 1. The number of aliphatic hydroxyl groups excluding tert-OH is 1. The fraction of sp³-hybridized carbons (Fsp3) is 0.455. The number of hydrogen-bond donors (Lipinski definition) is 5. The lowest BCUT2D eigenvalue weighted by molar-refractivity contribution is -0.150. The third-order valence-corrected chi connectivity index (χ3v) is 10.5. The lowest BCUT2D eigenvalue weighted by Gasteiger charge is -2.27. The van der Waals surface area contributed by atoms with E-state index in [1.165, 1.54) is 17.8 Å². The molecule has 5 rings (SSSR count). The summed E-state index contributed by atoms with van der Waals surface area (Å²) in [7, 11) is 0. The maximum Gasteiger partial charge on any atom is 0.327 e. The number of aromatic amines is 1. The number of H-pyrrole nitrogens is 1. The third-order valence-electron chi connectivity index (χ3n) is 6.44. The average Bonchev–Trinajstić information content (AvgIpc) is 3.54. The lowest BCUT2D eigenvalue weighted by atomic mass is 9.96. The van der Waals surface area contributed by atoms with Crippen molar-refractivity contribution in [2.45, 2.75) is 50.0 Å². The summed E-state index contributed by atoms with van der Waals surface area (Å²) in [5.41, 5.74) is 4.07. The van der Waals surface area contributed by atoms with Crippen molar-refractivity contribution in [3.63, 3.8) is 0 Å². The van der Waals surface area contributed by atoms with Crippen LogP contribution >= 0.6 is 18.1 Å².